The predicted molar refractivity (Wildman–Crippen MR) is 74.3 cm³/mol. The highest BCUT2D eigenvalue weighted by Crippen LogP contribution is 2.13. The molecule has 0 amide bonds. The smallest absolute Gasteiger partial charge is 0.170 e. The molecule has 0 saturated carbocycles. The molecule has 0 bridgehead atoms. The molecular weight excluding hydrogens is 244 g/mol. The monoisotopic (exact) mass is 270 g/mol. The summed E-state index contributed by atoms with van der Waals surface area (Å²) in [5, 5.41) is 0. The lowest BCUT2D eigenvalue weighted by molar-refractivity contribution is -0.703. The molecule has 0 aliphatic carbocycles. The Morgan fingerprint density at radius 2 is 1.78 bits per heavy atom. The van der Waals surface area contributed by atoms with Crippen molar-refractivity contribution in [3.63, 3.8) is 0 Å². The number of nitrogens with zero attached hydrogens (tertiary/aromatic N) is 2. The Bertz CT molecular complexity index is 309. The Balaban J connectivity index is 0.00000289. The molecule has 1 aromatic rings. The second kappa shape index (κ2) is 9.21. The lowest BCUT2D eigenvalue weighted by atomic mass is 9.99. The maximum atomic E-state index is 2.32. The highest BCUT2D eigenvalue weighted by molar-refractivity contribution is 5.41. The van der Waals surface area contributed by atoms with Gasteiger partial charge in [-0.15, -0.1) is 0 Å². The summed E-state index contributed by atoms with van der Waals surface area (Å²) < 4.78 is 2.32. The van der Waals surface area contributed by atoms with Crippen molar-refractivity contribution in [1.29, 1.82) is 0 Å². The van der Waals surface area contributed by atoms with Crippen molar-refractivity contribution in [1.82, 2.24) is 0 Å². The van der Waals surface area contributed by atoms with Crippen LogP contribution in [0, 0.1) is 5.92 Å². The van der Waals surface area contributed by atoms with Crippen molar-refractivity contribution >= 4 is 5.69 Å². The first-order valence-corrected chi connectivity index (χ1v) is 6.83. The summed E-state index contributed by atoms with van der Waals surface area (Å²) in [6.45, 7) is 5.73. The molecule has 0 N–H and O–H groups in total. The molecule has 0 spiro atoms. The van der Waals surface area contributed by atoms with Crippen LogP contribution in [-0.2, 0) is 6.54 Å². The van der Waals surface area contributed by atoms with Crippen LogP contribution in [0.4, 0.5) is 5.69 Å². The molecule has 1 aromatic heterocycles. The van der Waals surface area contributed by atoms with Crippen molar-refractivity contribution < 1.29 is 17.0 Å². The molecule has 1 rings (SSSR count). The molecule has 0 aliphatic heterocycles. The van der Waals surface area contributed by atoms with Gasteiger partial charge in [0.1, 0.15) is 0 Å². The van der Waals surface area contributed by atoms with Crippen LogP contribution in [0.1, 0.15) is 39.5 Å². The molecule has 104 valence electrons. The van der Waals surface area contributed by atoms with Gasteiger partial charge in [-0.3, -0.25) is 0 Å². The standard InChI is InChI=1S/C15H27N2.ClH/c1-5-7-8-14(6-2)13-17-11-9-15(10-12-17)16(3)4;/h9-12,14H,5-8,13H2,1-4H3;1H/q+1;/p-1. The minimum absolute atomic E-state index is 0. The molecule has 18 heavy (non-hydrogen) atoms. The minimum Gasteiger partial charge on any atom is -1.00 e. The third-order valence-corrected chi connectivity index (χ3v) is 3.40. The Morgan fingerprint density at radius 3 is 2.22 bits per heavy atom. The van der Waals surface area contributed by atoms with Crippen LogP contribution >= 0.6 is 0 Å². The number of unbranched alkanes of at least 4 members (excludes halogenated alkanes) is 1. The predicted octanol–water partition coefficient (Wildman–Crippen LogP) is 0.261. The fourth-order valence-electron chi connectivity index (χ4n) is 2.08. The van der Waals surface area contributed by atoms with E-state index in [2.05, 4.69) is 61.9 Å². The van der Waals surface area contributed by atoms with Crippen molar-refractivity contribution in [3.8, 4) is 0 Å². The lowest BCUT2D eigenvalue weighted by Gasteiger charge is -2.13. The van der Waals surface area contributed by atoms with E-state index in [0.29, 0.717) is 0 Å². The van der Waals surface area contributed by atoms with Gasteiger partial charge < -0.3 is 17.3 Å². The first-order valence-electron chi connectivity index (χ1n) is 6.83. The number of aromatic nitrogens is 1. The minimum atomic E-state index is 0. The molecule has 2 nitrogen and oxygen atoms in total. The largest absolute Gasteiger partial charge is 1.00 e. The van der Waals surface area contributed by atoms with E-state index in [9.17, 15) is 0 Å². The van der Waals surface area contributed by atoms with E-state index < -0.39 is 0 Å². The maximum absolute atomic E-state index is 2.32. The van der Waals surface area contributed by atoms with Crippen LogP contribution in [0.2, 0.25) is 0 Å². The first-order chi connectivity index (χ1) is 8.17. The number of anilines is 1. The van der Waals surface area contributed by atoms with Crippen LogP contribution in [0.3, 0.4) is 0 Å². The van der Waals surface area contributed by atoms with Gasteiger partial charge in [-0.1, -0.05) is 26.7 Å². The zero-order valence-corrected chi connectivity index (χ0v) is 13.0. The number of hydrogen-bond acceptors (Lipinski definition) is 1. The van der Waals surface area contributed by atoms with Crippen molar-refractivity contribution in [3.05, 3.63) is 24.5 Å². The van der Waals surface area contributed by atoms with Gasteiger partial charge in [0.15, 0.2) is 18.9 Å². The SMILES string of the molecule is CCCCC(CC)C[n+]1ccc(N(C)C)cc1.[Cl-]. The molecule has 3 heteroatoms. The average molecular weight is 271 g/mol. The second-order valence-corrected chi connectivity index (χ2v) is 5.06. The van der Waals surface area contributed by atoms with Crippen LogP contribution < -0.4 is 21.9 Å². The van der Waals surface area contributed by atoms with Gasteiger partial charge in [-0.2, -0.15) is 0 Å². The molecule has 0 aromatic carbocycles. The van der Waals surface area contributed by atoms with Crippen LogP contribution in [0.25, 0.3) is 0 Å². The normalized spacial score (nSPS) is 11.8. The fraction of sp³-hybridized carbons (Fsp3) is 0.667. The summed E-state index contributed by atoms with van der Waals surface area (Å²) in [5.41, 5.74) is 1.27. The fourth-order valence-corrected chi connectivity index (χ4v) is 2.08. The van der Waals surface area contributed by atoms with E-state index in [1.54, 1.807) is 0 Å². The number of pyridine rings is 1. The van der Waals surface area contributed by atoms with E-state index in [1.807, 2.05) is 0 Å². The van der Waals surface area contributed by atoms with Crippen molar-refractivity contribution in [2.24, 2.45) is 5.92 Å². The van der Waals surface area contributed by atoms with Crippen molar-refractivity contribution in [2.45, 2.75) is 46.1 Å². The van der Waals surface area contributed by atoms with Crippen LogP contribution in [-0.4, -0.2) is 14.1 Å². The van der Waals surface area contributed by atoms with E-state index in [1.165, 1.54) is 31.4 Å². The van der Waals surface area contributed by atoms with Gasteiger partial charge in [-0.05, 0) is 12.8 Å². The zero-order chi connectivity index (χ0) is 12.7. The quantitative estimate of drug-likeness (QED) is 0.645. The highest BCUT2D eigenvalue weighted by Gasteiger charge is 2.11. The number of hydrogen-bond donors (Lipinski definition) is 0. The molecule has 0 fully saturated rings. The summed E-state index contributed by atoms with van der Waals surface area (Å²) in [6.07, 6.45) is 9.70. The Labute approximate surface area is 118 Å². The number of rotatable bonds is 7. The summed E-state index contributed by atoms with van der Waals surface area (Å²) in [6, 6.07) is 4.37. The third-order valence-electron chi connectivity index (χ3n) is 3.40. The van der Waals surface area contributed by atoms with Gasteiger partial charge in [-0.25, -0.2) is 4.57 Å². The van der Waals surface area contributed by atoms with E-state index in [4.69, 9.17) is 0 Å². The average Bonchev–Trinajstić information content (AvgIpc) is 2.35. The molecule has 1 heterocycles. The Hall–Kier alpha value is -0.760. The molecule has 0 aliphatic rings. The Morgan fingerprint density at radius 1 is 1.17 bits per heavy atom. The van der Waals surface area contributed by atoms with Crippen molar-refractivity contribution in [2.75, 3.05) is 19.0 Å². The lowest BCUT2D eigenvalue weighted by Crippen LogP contribution is -3.00. The summed E-state index contributed by atoms with van der Waals surface area (Å²) in [7, 11) is 4.16. The van der Waals surface area contributed by atoms with Gasteiger partial charge in [0.25, 0.3) is 0 Å². The topological polar surface area (TPSA) is 7.12 Å². The maximum Gasteiger partial charge on any atom is 0.170 e. The second-order valence-electron chi connectivity index (χ2n) is 5.06. The molecule has 0 radical (unpaired) electrons. The summed E-state index contributed by atoms with van der Waals surface area (Å²) >= 11 is 0. The Kier molecular flexibility index (Phi) is 8.82. The first kappa shape index (κ1) is 17.2. The van der Waals surface area contributed by atoms with E-state index >= 15 is 0 Å². The molecule has 1 atom stereocenters. The van der Waals surface area contributed by atoms with E-state index in [-0.39, 0.29) is 12.4 Å². The van der Waals surface area contributed by atoms with Gasteiger partial charge >= 0.3 is 0 Å². The van der Waals surface area contributed by atoms with E-state index in [0.717, 1.165) is 12.5 Å². The van der Waals surface area contributed by atoms with Gasteiger partial charge in [0.2, 0.25) is 0 Å². The summed E-state index contributed by atoms with van der Waals surface area (Å²) in [5.74, 6) is 0.824. The zero-order valence-electron chi connectivity index (χ0n) is 12.2. The highest BCUT2D eigenvalue weighted by atomic mass is 35.5. The number of halogens is 1. The third kappa shape index (κ3) is 5.72. The van der Waals surface area contributed by atoms with Crippen LogP contribution in [0.5, 0.6) is 0 Å². The van der Waals surface area contributed by atoms with Gasteiger partial charge in [0, 0.05) is 37.8 Å². The van der Waals surface area contributed by atoms with Gasteiger partial charge in [0.05, 0.1) is 0 Å². The molecule has 0 saturated heterocycles. The molecular formula is C15H27ClN2. The molecule has 1 unspecified atom stereocenters. The van der Waals surface area contributed by atoms with Crippen LogP contribution in [0.15, 0.2) is 24.5 Å². The summed E-state index contributed by atoms with van der Waals surface area (Å²) in [4.78, 5) is 2.14.